The van der Waals surface area contributed by atoms with Crippen LogP contribution in [-0.4, -0.2) is 35.4 Å². The summed E-state index contributed by atoms with van der Waals surface area (Å²) in [4.78, 5) is 20.6. The molecule has 1 aromatic carbocycles. The van der Waals surface area contributed by atoms with Gasteiger partial charge in [0.15, 0.2) is 0 Å². The number of nitro groups is 2. The van der Waals surface area contributed by atoms with E-state index < -0.39 is 34.0 Å². The summed E-state index contributed by atoms with van der Waals surface area (Å²) < 4.78 is 23.4. The lowest BCUT2D eigenvalue weighted by molar-refractivity contribution is -0.393. The summed E-state index contributed by atoms with van der Waals surface area (Å²) in [6.45, 7) is 1.96. The number of anilines is 1. The molecule has 1 aliphatic rings. The summed E-state index contributed by atoms with van der Waals surface area (Å²) in [5, 5.41) is 25.0. The molecule has 28 heavy (non-hydrogen) atoms. The van der Waals surface area contributed by atoms with Gasteiger partial charge in [0.2, 0.25) is 0 Å². The first-order valence-electron chi connectivity index (χ1n) is 8.28. The lowest BCUT2D eigenvalue weighted by Gasteiger charge is -2.36. The van der Waals surface area contributed by atoms with E-state index >= 15 is 0 Å². The van der Waals surface area contributed by atoms with Crippen molar-refractivity contribution in [2.45, 2.75) is 31.3 Å². The highest BCUT2D eigenvalue weighted by atomic mass is 31.2. The number of non-ortho nitro benzene ring substituents is 1. The zero-order valence-corrected chi connectivity index (χ0v) is 16.5. The zero-order chi connectivity index (χ0) is 20.9. The van der Waals surface area contributed by atoms with Gasteiger partial charge in [0, 0.05) is 26.5 Å². The van der Waals surface area contributed by atoms with Gasteiger partial charge in [-0.15, -0.1) is 0 Å². The third-order valence-electron chi connectivity index (χ3n) is 4.66. The van der Waals surface area contributed by atoms with Crippen molar-refractivity contribution in [3.63, 3.8) is 0 Å². The smallest absolute Gasteiger partial charge is 0.311 e. The molecule has 0 aliphatic heterocycles. The molecule has 0 saturated heterocycles. The highest BCUT2D eigenvalue weighted by Crippen LogP contribution is 2.63. The Labute approximate surface area is 161 Å². The summed E-state index contributed by atoms with van der Waals surface area (Å²) in [6.07, 6.45) is 4.80. The van der Waals surface area contributed by atoms with E-state index in [-0.39, 0.29) is 5.69 Å². The van der Waals surface area contributed by atoms with Gasteiger partial charge < -0.3 is 9.05 Å². The maximum absolute atomic E-state index is 13.1. The van der Waals surface area contributed by atoms with Gasteiger partial charge in [0.1, 0.15) is 10.8 Å². The van der Waals surface area contributed by atoms with Crippen LogP contribution in [0.5, 0.6) is 0 Å². The summed E-state index contributed by atoms with van der Waals surface area (Å²) in [5.74, 6) is 0. The van der Waals surface area contributed by atoms with Crippen molar-refractivity contribution in [3.05, 3.63) is 50.1 Å². The van der Waals surface area contributed by atoms with Crippen LogP contribution in [0.3, 0.4) is 0 Å². The number of rotatable bonds is 8. The topological polar surface area (TPSA) is 146 Å². The van der Waals surface area contributed by atoms with Gasteiger partial charge in [-0.2, -0.15) is 5.10 Å². The maximum Gasteiger partial charge on any atom is 0.341 e. The van der Waals surface area contributed by atoms with Crippen LogP contribution in [0.4, 0.5) is 17.1 Å². The first kappa shape index (κ1) is 21.7. The zero-order valence-electron chi connectivity index (χ0n) is 15.7. The van der Waals surface area contributed by atoms with E-state index in [2.05, 4.69) is 10.5 Å². The molecular formula is C16H21N4O7P. The molecule has 0 amide bonds. The molecule has 1 atom stereocenters. The molecule has 1 N–H and O–H groups in total. The number of hydrazone groups is 1. The van der Waals surface area contributed by atoms with Gasteiger partial charge in [0.05, 0.1) is 15.9 Å². The van der Waals surface area contributed by atoms with Gasteiger partial charge in [0.25, 0.3) is 5.69 Å². The van der Waals surface area contributed by atoms with Crippen molar-refractivity contribution in [2.75, 3.05) is 19.6 Å². The Bertz CT molecular complexity index is 878. The van der Waals surface area contributed by atoms with Crippen molar-refractivity contribution in [2.24, 2.45) is 5.10 Å². The molecule has 0 heterocycles. The summed E-state index contributed by atoms with van der Waals surface area (Å²) in [5.41, 5.74) is 2.72. The highest BCUT2D eigenvalue weighted by molar-refractivity contribution is 7.56. The first-order chi connectivity index (χ1) is 13.2. The number of nitro benzene ring substituents is 2. The van der Waals surface area contributed by atoms with Crippen LogP contribution < -0.4 is 5.43 Å². The van der Waals surface area contributed by atoms with Crippen molar-refractivity contribution in [1.82, 2.24) is 0 Å². The average Bonchev–Trinajstić information content (AvgIpc) is 2.68. The first-order valence-corrected chi connectivity index (χ1v) is 9.82. The standard InChI is InChI=1S/C16H21N4O7P/c1-12-6-8-16(9-7-12,28(25,26-2)27-3)11-17-18-14-5-4-13(19(21)22)10-15(14)20(23)24/h4-6,10-11,18H,7-9H2,1-3H3/t16-/m0/s1. The molecule has 0 fully saturated rings. The number of benzene rings is 1. The summed E-state index contributed by atoms with van der Waals surface area (Å²) in [6, 6.07) is 3.16. The Hall–Kier alpha value is -2.62. The van der Waals surface area contributed by atoms with Gasteiger partial charge in [-0.3, -0.25) is 30.2 Å². The molecule has 2 rings (SSSR count). The van der Waals surface area contributed by atoms with Crippen LogP contribution in [0.2, 0.25) is 0 Å². The number of nitrogens with zero attached hydrogens (tertiary/aromatic N) is 3. The third-order valence-corrected chi connectivity index (χ3v) is 7.23. The van der Waals surface area contributed by atoms with Gasteiger partial charge in [-0.05, 0) is 32.3 Å². The van der Waals surface area contributed by atoms with Gasteiger partial charge in [-0.25, -0.2) is 0 Å². The van der Waals surface area contributed by atoms with Gasteiger partial charge in [-0.1, -0.05) is 11.6 Å². The number of allylic oxidation sites excluding steroid dienone is 2. The Morgan fingerprint density at radius 3 is 2.43 bits per heavy atom. The molecule has 0 unspecified atom stereocenters. The SMILES string of the molecule is COP(=O)(OC)[C@@]1(C=NNc2ccc([N+](=O)[O-])cc2[N+](=O)[O-])CC=C(C)CC1. The fourth-order valence-electron chi connectivity index (χ4n) is 2.94. The second kappa shape index (κ2) is 8.59. The van der Waals surface area contributed by atoms with Crippen LogP contribution in [0.25, 0.3) is 0 Å². The quantitative estimate of drug-likeness (QED) is 0.219. The van der Waals surface area contributed by atoms with Crippen LogP contribution >= 0.6 is 7.60 Å². The highest BCUT2D eigenvalue weighted by Gasteiger charge is 2.49. The van der Waals surface area contributed by atoms with E-state index in [0.717, 1.165) is 17.7 Å². The summed E-state index contributed by atoms with van der Waals surface area (Å²) in [7, 11) is -0.962. The maximum atomic E-state index is 13.1. The Balaban J connectivity index is 2.36. The van der Waals surface area contributed by atoms with E-state index in [1.54, 1.807) is 0 Å². The Morgan fingerprint density at radius 2 is 1.93 bits per heavy atom. The van der Waals surface area contributed by atoms with E-state index in [4.69, 9.17) is 9.05 Å². The van der Waals surface area contributed by atoms with E-state index in [1.165, 1.54) is 26.5 Å². The largest absolute Gasteiger partial charge is 0.341 e. The minimum atomic E-state index is -3.54. The van der Waals surface area contributed by atoms with Crippen molar-refractivity contribution < 1.29 is 23.5 Å². The van der Waals surface area contributed by atoms with Crippen LogP contribution in [-0.2, 0) is 13.6 Å². The van der Waals surface area contributed by atoms with E-state index in [0.29, 0.717) is 19.3 Å². The van der Waals surface area contributed by atoms with Crippen molar-refractivity contribution >= 4 is 30.9 Å². The molecule has 12 heteroatoms. The predicted octanol–water partition coefficient (Wildman–Crippen LogP) is 4.26. The second-order valence-corrected chi connectivity index (χ2v) is 8.92. The fraction of sp³-hybridized carbons (Fsp3) is 0.438. The molecule has 1 aliphatic carbocycles. The molecule has 0 radical (unpaired) electrons. The lowest BCUT2D eigenvalue weighted by atomic mass is 9.90. The molecule has 1 aromatic rings. The molecule has 0 bridgehead atoms. The lowest BCUT2D eigenvalue weighted by Crippen LogP contribution is -2.34. The molecule has 152 valence electrons. The van der Waals surface area contributed by atoms with Crippen molar-refractivity contribution in [1.29, 1.82) is 0 Å². The van der Waals surface area contributed by atoms with Crippen molar-refractivity contribution in [3.8, 4) is 0 Å². The number of hydrogen-bond donors (Lipinski definition) is 1. The van der Waals surface area contributed by atoms with Crippen LogP contribution in [0.1, 0.15) is 26.2 Å². The molecular weight excluding hydrogens is 391 g/mol. The van der Waals surface area contributed by atoms with E-state index in [9.17, 15) is 24.8 Å². The van der Waals surface area contributed by atoms with Crippen LogP contribution in [0, 0.1) is 20.2 Å². The second-order valence-electron chi connectivity index (χ2n) is 6.31. The normalized spacial score (nSPS) is 20.0. The number of hydrogen-bond acceptors (Lipinski definition) is 9. The summed E-state index contributed by atoms with van der Waals surface area (Å²) >= 11 is 0. The Morgan fingerprint density at radius 1 is 1.25 bits per heavy atom. The third kappa shape index (κ3) is 4.27. The van der Waals surface area contributed by atoms with Crippen LogP contribution in [0.15, 0.2) is 34.9 Å². The predicted molar refractivity (Wildman–Crippen MR) is 104 cm³/mol. The van der Waals surface area contributed by atoms with Gasteiger partial charge >= 0.3 is 13.3 Å². The molecule has 0 spiro atoms. The molecule has 0 aromatic heterocycles. The number of nitrogens with one attached hydrogen (secondary N) is 1. The minimum Gasteiger partial charge on any atom is -0.311 e. The minimum absolute atomic E-state index is 0.0331. The Kier molecular flexibility index (Phi) is 6.65. The monoisotopic (exact) mass is 412 g/mol. The fourth-order valence-corrected chi connectivity index (χ4v) is 4.72. The molecule has 0 saturated carbocycles. The average molecular weight is 412 g/mol. The van der Waals surface area contributed by atoms with E-state index in [1.807, 2.05) is 13.0 Å². The molecule has 11 nitrogen and oxygen atoms in total.